The molecule has 1 aliphatic carbocycles. The van der Waals surface area contributed by atoms with Gasteiger partial charge in [-0.25, -0.2) is 4.98 Å². The highest BCUT2D eigenvalue weighted by molar-refractivity contribution is 6.43. The summed E-state index contributed by atoms with van der Waals surface area (Å²) in [7, 11) is 3.09. The lowest BCUT2D eigenvalue weighted by atomic mass is 9.97. The number of nitrogens with one attached hydrogen (secondary N) is 3. The maximum absolute atomic E-state index is 13.4. The molecule has 3 N–H and O–H groups in total. The van der Waals surface area contributed by atoms with Gasteiger partial charge in [0.15, 0.2) is 0 Å². The second-order valence-electron chi connectivity index (χ2n) is 8.72. The van der Waals surface area contributed by atoms with E-state index >= 15 is 0 Å². The lowest BCUT2D eigenvalue weighted by molar-refractivity contribution is -0.128. The fourth-order valence-corrected chi connectivity index (χ4v) is 4.61. The first-order valence-electron chi connectivity index (χ1n) is 11.2. The second-order valence-corrected chi connectivity index (χ2v) is 8.72. The monoisotopic (exact) mass is 471 g/mol. The molecule has 0 spiro atoms. The number of carbonyl (C=O) groups is 4. The topological polar surface area (TPSA) is 122 Å². The molecule has 3 rings (SSSR count). The minimum Gasteiger partial charge on any atom is -0.357 e. The average Bonchev–Trinajstić information content (AvgIpc) is 3.40. The molecular formula is C24H30FN5O4. The lowest BCUT2D eigenvalue weighted by Gasteiger charge is -2.22. The summed E-state index contributed by atoms with van der Waals surface area (Å²) in [5.74, 6) is -3.22. The van der Waals surface area contributed by atoms with Crippen LogP contribution in [0.2, 0.25) is 0 Å². The SMILES string of the molecule is CNC(=O)C(NC(=O)C(=O)c1c(C)c(C(=O)Nc2cnc(F)c(C)c2)c(C)n1C)C1CCCC1. The molecule has 0 radical (unpaired) electrons. The number of aromatic nitrogens is 2. The maximum atomic E-state index is 13.4. The van der Waals surface area contributed by atoms with E-state index < -0.39 is 29.6 Å². The molecule has 0 bridgehead atoms. The highest BCUT2D eigenvalue weighted by Crippen LogP contribution is 2.28. The minimum atomic E-state index is -0.894. The zero-order valence-corrected chi connectivity index (χ0v) is 20.0. The highest BCUT2D eigenvalue weighted by Gasteiger charge is 2.35. The third-order valence-electron chi connectivity index (χ3n) is 6.54. The largest absolute Gasteiger partial charge is 0.357 e. The summed E-state index contributed by atoms with van der Waals surface area (Å²) in [4.78, 5) is 55.0. The number of amides is 3. The van der Waals surface area contributed by atoms with Crippen molar-refractivity contribution in [1.29, 1.82) is 0 Å². The van der Waals surface area contributed by atoms with Crippen LogP contribution in [0.25, 0.3) is 0 Å². The maximum Gasteiger partial charge on any atom is 0.294 e. The molecule has 3 amide bonds. The molecule has 9 nitrogen and oxygen atoms in total. The average molecular weight is 472 g/mol. The van der Waals surface area contributed by atoms with Crippen LogP contribution in [0.4, 0.5) is 10.1 Å². The number of halogens is 1. The van der Waals surface area contributed by atoms with Gasteiger partial charge in [-0.2, -0.15) is 4.39 Å². The molecule has 182 valence electrons. The van der Waals surface area contributed by atoms with Gasteiger partial charge in [0.25, 0.3) is 17.6 Å². The first kappa shape index (κ1) is 25.1. The van der Waals surface area contributed by atoms with E-state index in [1.165, 1.54) is 30.8 Å². The molecule has 0 aromatic carbocycles. The van der Waals surface area contributed by atoms with Crippen molar-refractivity contribution in [2.75, 3.05) is 12.4 Å². The summed E-state index contributed by atoms with van der Waals surface area (Å²) < 4.78 is 14.9. The minimum absolute atomic E-state index is 0.0259. The van der Waals surface area contributed by atoms with Crippen molar-refractivity contribution < 1.29 is 23.6 Å². The number of pyridine rings is 1. The molecule has 1 unspecified atom stereocenters. The van der Waals surface area contributed by atoms with Crippen molar-refractivity contribution in [2.45, 2.75) is 52.5 Å². The molecule has 0 saturated heterocycles. The lowest BCUT2D eigenvalue weighted by Crippen LogP contribution is -2.51. The Hall–Kier alpha value is -3.56. The van der Waals surface area contributed by atoms with E-state index in [4.69, 9.17) is 0 Å². The van der Waals surface area contributed by atoms with Gasteiger partial charge >= 0.3 is 0 Å². The van der Waals surface area contributed by atoms with Crippen LogP contribution in [-0.2, 0) is 16.6 Å². The Morgan fingerprint density at radius 3 is 2.38 bits per heavy atom. The van der Waals surface area contributed by atoms with Gasteiger partial charge in [-0.15, -0.1) is 0 Å². The number of anilines is 1. The smallest absolute Gasteiger partial charge is 0.294 e. The molecule has 34 heavy (non-hydrogen) atoms. The molecule has 2 heterocycles. The number of aryl methyl sites for hydroxylation is 1. The van der Waals surface area contributed by atoms with E-state index in [9.17, 15) is 23.6 Å². The molecule has 1 saturated carbocycles. The molecular weight excluding hydrogens is 441 g/mol. The van der Waals surface area contributed by atoms with Crippen LogP contribution in [0.1, 0.15) is 63.4 Å². The standard InChI is InChI=1S/C24H30FN5O4/c1-12-10-16(11-27-21(12)25)28-22(32)17-13(2)19(30(5)14(17)3)20(31)24(34)29-18(23(33)26-4)15-8-6-7-9-15/h10-11,15,18H,6-9H2,1-5H3,(H,26,33)(H,28,32)(H,29,34). The number of likely N-dealkylation sites (N-methyl/N-ethyl adjacent to an activating group) is 1. The Balaban J connectivity index is 1.85. The first-order valence-corrected chi connectivity index (χ1v) is 11.2. The van der Waals surface area contributed by atoms with E-state index in [2.05, 4.69) is 20.9 Å². The fourth-order valence-electron chi connectivity index (χ4n) is 4.61. The van der Waals surface area contributed by atoms with Crippen molar-refractivity contribution in [3.8, 4) is 0 Å². The van der Waals surface area contributed by atoms with Crippen LogP contribution in [0, 0.1) is 32.6 Å². The van der Waals surface area contributed by atoms with Crippen LogP contribution in [0.15, 0.2) is 12.3 Å². The third kappa shape index (κ3) is 4.85. The van der Waals surface area contributed by atoms with Gasteiger partial charge in [0, 0.05) is 25.4 Å². The number of hydrogen-bond acceptors (Lipinski definition) is 5. The van der Waals surface area contributed by atoms with Crippen LogP contribution >= 0.6 is 0 Å². The van der Waals surface area contributed by atoms with Crippen LogP contribution < -0.4 is 16.0 Å². The number of Topliss-reactive ketones (excluding diaryl/α,β-unsaturated/α-hetero) is 1. The summed E-state index contributed by atoms with van der Waals surface area (Å²) >= 11 is 0. The van der Waals surface area contributed by atoms with Gasteiger partial charge in [0.05, 0.1) is 23.1 Å². The number of carbonyl (C=O) groups excluding carboxylic acids is 4. The van der Waals surface area contributed by atoms with Gasteiger partial charge in [0.1, 0.15) is 6.04 Å². The number of hydrogen-bond donors (Lipinski definition) is 3. The zero-order valence-electron chi connectivity index (χ0n) is 20.0. The molecule has 0 aliphatic heterocycles. The molecule has 1 aliphatic rings. The summed E-state index contributed by atoms with van der Waals surface area (Å²) in [5, 5.41) is 7.83. The molecule has 10 heteroatoms. The summed E-state index contributed by atoms with van der Waals surface area (Å²) in [5.41, 5.74) is 1.70. The van der Waals surface area contributed by atoms with E-state index in [0.29, 0.717) is 16.9 Å². The Morgan fingerprint density at radius 2 is 1.79 bits per heavy atom. The number of nitrogens with zero attached hydrogens (tertiary/aromatic N) is 2. The summed E-state index contributed by atoms with van der Waals surface area (Å²) in [6, 6.07) is 0.664. The molecule has 1 fully saturated rings. The Kier molecular flexibility index (Phi) is 7.48. The van der Waals surface area contributed by atoms with Crippen molar-refractivity contribution in [3.05, 3.63) is 46.3 Å². The molecule has 2 aromatic rings. The number of rotatable bonds is 7. The summed E-state index contributed by atoms with van der Waals surface area (Å²) in [6.45, 7) is 4.78. The second kappa shape index (κ2) is 10.1. The third-order valence-corrected chi connectivity index (χ3v) is 6.54. The van der Waals surface area contributed by atoms with E-state index in [-0.39, 0.29) is 28.6 Å². The Morgan fingerprint density at radius 1 is 1.15 bits per heavy atom. The molecule has 1 atom stereocenters. The zero-order chi connectivity index (χ0) is 25.2. The van der Waals surface area contributed by atoms with E-state index in [1.54, 1.807) is 20.9 Å². The van der Waals surface area contributed by atoms with Gasteiger partial charge in [-0.05, 0) is 51.2 Å². The van der Waals surface area contributed by atoms with Gasteiger partial charge < -0.3 is 20.5 Å². The normalized spacial score (nSPS) is 14.5. The van der Waals surface area contributed by atoms with Gasteiger partial charge in [-0.3, -0.25) is 19.2 Å². The quantitative estimate of drug-likeness (QED) is 0.325. The van der Waals surface area contributed by atoms with Crippen LogP contribution in [0.5, 0.6) is 0 Å². The van der Waals surface area contributed by atoms with Crippen LogP contribution in [0.3, 0.4) is 0 Å². The van der Waals surface area contributed by atoms with E-state index in [0.717, 1.165) is 25.7 Å². The van der Waals surface area contributed by atoms with Crippen molar-refractivity contribution >= 4 is 29.2 Å². The van der Waals surface area contributed by atoms with Gasteiger partial charge in [0.2, 0.25) is 11.9 Å². The Bertz CT molecular complexity index is 1150. The highest BCUT2D eigenvalue weighted by atomic mass is 19.1. The predicted octanol–water partition coefficient (Wildman–Crippen LogP) is 2.34. The van der Waals surface area contributed by atoms with Crippen molar-refractivity contribution in [3.63, 3.8) is 0 Å². The molecule has 2 aromatic heterocycles. The predicted molar refractivity (Wildman–Crippen MR) is 124 cm³/mol. The first-order chi connectivity index (χ1) is 16.1. The Labute approximate surface area is 197 Å². The van der Waals surface area contributed by atoms with Crippen molar-refractivity contribution in [1.82, 2.24) is 20.2 Å². The van der Waals surface area contributed by atoms with Crippen molar-refractivity contribution in [2.24, 2.45) is 13.0 Å². The van der Waals surface area contributed by atoms with E-state index in [1.807, 2.05) is 0 Å². The fraction of sp³-hybridized carbons (Fsp3) is 0.458. The number of ketones is 1. The summed E-state index contributed by atoms with van der Waals surface area (Å²) in [6.07, 6.45) is 4.75. The van der Waals surface area contributed by atoms with Crippen LogP contribution in [-0.4, -0.2) is 46.1 Å². The van der Waals surface area contributed by atoms with Gasteiger partial charge in [-0.1, -0.05) is 12.8 Å².